The molecule has 0 atom stereocenters. The minimum Gasteiger partial charge on any atom is -0.211 e. The molecule has 0 bridgehead atoms. The number of aryl methyl sites for hydroxylation is 1. The highest BCUT2D eigenvalue weighted by atomic mass is 79.9. The molecule has 1 aromatic carbocycles. The molecule has 0 spiro atoms. The lowest BCUT2D eigenvalue weighted by molar-refractivity contribution is 0.480. The monoisotopic (exact) mass is 331 g/mol. The second-order valence-electron chi connectivity index (χ2n) is 5.08. The largest absolute Gasteiger partial charge is 0.240 e. The molecule has 0 saturated heterocycles. The van der Waals surface area contributed by atoms with E-state index in [9.17, 15) is 8.42 Å². The van der Waals surface area contributed by atoms with Crippen molar-refractivity contribution in [1.82, 2.24) is 4.72 Å². The number of alkyl halides is 1. The second-order valence-corrected chi connectivity index (χ2v) is 7.64. The number of rotatable bonds is 6. The molecule has 2 rings (SSSR count). The van der Waals surface area contributed by atoms with Crippen molar-refractivity contribution in [2.45, 2.75) is 31.1 Å². The van der Waals surface area contributed by atoms with Crippen molar-refractivity contribution in [3.05, 3.63) is 29.8 Å². The van der Waals surface area contributed by atoms with Gasteiger partial charge >= 0.3 is 0 Å². The highest BCUT2D eigenvalue weighted by Gasteiger charge is 2.42. The van der Waals surface area contributed by atoms with Gasteiger partial charge in [-0.2, -0.15) is 0 Å². The average Bonchev–Trinajstić information content (AvgIpc) is 3.08. The van der Waals surface area contributed by atoms with Gasteiger partial charge in [0.1, 0.15) is 0 Å². The molecule has 1 aromatic rings. The van der Waals surface area contributed by atoms with Crippen LogP contribution in [0.15, 0.2) is 29.2 Å². The fraction of sp³-hybridized carbons (Fsp3) is 0.538. The molecule has 1 aliphatic rings. The summed E-state index contributed by atoms with van der Waals surface area (Å²) in [6.07, 6.45) is 3.27. The van der Waals surface area contributed by atoms with Crippen molar-refractivity contribution in [2.75, 3.05) is 11.9 Å². The normalized spacial score (nSPS) is 17.7. The van der Waals surface area contributed by atoms with Crippen molar-refractivity contribution < 1.29 is 8.42 Å². The van der Waals surface area contributed by atoms with Gasteiger partial charge in [-0.05, 0) is 49.3 Å². The standard InChI is InChI=1S/C13H18BrNO2S/c1-11-3-2-4-12(9-11)18(16,17)15-10-13(5-6-13)7-8-14/h2-4,9,15H,5-8,10H2,1H3. The molecule has 0 aromatic heterocycles. The summed E-state index contributed by atoms with van der Waals surface area (Å²) in [7, 11) is -3.36. The van der Waals surface area contributed by atoms with E-state index in [1.54, 1.807) is 18.2 Å². The Morgan fingerprint density at radius 1 is 1.39 bits per heavy atom. The van der Waals surface area contributed by atoms with Crippen molar-refractivity contribution >= 4 is 26.0 Å². The predicted octanol–water partition coefficient (Wildman–Crippen LogP) is 2.84. The van der Waals surface area contributed by atoms with E-state index in [2.05, 4.69) is 20.7 Å². The zero-order valence-corrected chi connectivity index (χ0v) is 12.9. The van der Waals surface area contributed by atoms with Crippen LogP contribution in [-0.4, -0.2) is 20.3 Å². The average molecular weight is 332 g/mol. The van der Waals surface area contributed by atoms with E-state index in [1.165, 1.54) is 0 Å². The smallest absolute Gasteiger partial charge is 0.211 e. The number of sulfonamides is 1. The summed E-state index contributed by atoms with van der Waals surface area (Å²) >= 11 is 3.42. The van der Waals surface area contributed by atoms with Gasteiger partial charge in [-0.25, -0.2) is 13.1 Å². The Balaban J connectivity index is 2.04. The number of nitrogens with one attached hydrogen (secondary N) is 1. The SMILES string of the molecule is Cc1cccc(S(=O)(=O)NCC2(CCBr)CC2)c1. The molecule has 0 aliphatic heterocycles. The fourth-order valence-corrected chi connectivity index (χ4v) is 4.11. The third-order valence-corrected chi connectivity index (χ3v) is 5.31. The Hall–Kier alpha value is -0.390. The third kappa shape index (κ3) is 3.33. The van der Waals surface area contributed by atoms with Gasteiger partial charge in [0.05, 0.1) is 4.90 Å². The summed E-state index contributed by atoms with van der Waals surface area (Å²) in [6, 6.07) is 7.01. The molecule has 5 heteroatoms. The van der Waals surface area contributed by atoms with E-state index < -0.39 is 10.0 Å². The molecule has 1 saturated carbocycles. The minimum absolute atomic E-state index is 0.195. The molecule has 0 radical (unpaired) electrons. The highest BCUT2D eigenvalue weighted by molar-refractivity contribution is 9.09. The Bertz CT molecular complexity index is 524. The molecule has 1 fully saturated rings. The first kappa shape index (κ1) is 14.0. The van der Waals surface area contributed by atoms with Gasteiger partial charge in [-0.3, -0.25) is 0 Å². The van der Waals surface area contributed by atoms with Crippen LogP contribution in [0.4, 0.5) is 0 Å². The second kappa shape index (κ2) is 5.31. The molecular weight excluding hydrogens is 314 g/mol. The van der Waals surface area contributed by atoms with E-state index >= 15 is 0 Å². The topological polar surface area (TPSA) is 46.2 Å². The van der Waals surface area contributed by atoms with Crippen LogP contribution in [0, 0.1) is 12.3 Å². The van der Waals surface area contributed by atoms with Crippen LogP contribution in [0.25, 0.3) is 0 Å². The lowest BCUT2D eigenvalue weighted by atomic mass is 10.1. The molecular formula is C13H18BrNO2S. The number of benzene rings is 1. The quantitative estimate of drug-likeness (QED) is 0.814. The summed E-state index contributed by atoms with van der Waals surface area (Å²) in [5.74, 6) is 0. The molecule has 100 valence electrons. The summed E-state index contributed by atoms with van der Waals surface area (Å²) in [5, 5.41) is 0.930. The van der Waals surface area contributed by atoms with E-state index in [0.717, 1.165) is 30.2 Å². The van der Waals surface area contributed by atoms with Crippen LogP contribution in [0.2, 0.25) is 0 Å². The molecule has 0 heterocycles. The first-order valence-electron chi connectivity index (χ1n) is 6.10. The Morgan fingerprint density at radius 3 is 2.67 bits per heavy atom. The van der Waals surface area contributed by atoms with Gasteiger partial charge in [0.15, 0.2) is 0 Å². The number of hydrogen-bond acceptors (Lipinski definition) is 2. The maximum absolute atomic E-state index is 12.1. The summed E-state index contributed by atoms with van der Waals surface area (Å²) < 4.78 is 27.0. The summed E-state index contributed by atoms with van der Waals surface area (Å²) in [4.78, 5) is 0.358. The van der Waals surface area contributed by atoms with Crippen LogP contribution in [0.5, 0.6) is 0 Å². The van der Waals surface area contributed by atoms with E-state index in [1.807, 2.05) is 13.0 Å². The van der Waals surface area contributed by atoms with Crippen LogP contribution in [-0.2, 0) is 10.0 Å². The van der Waals surface area contributed by atoms with Gasteiger partial charge in [-0.1, -0.05) is 28.1 Å². The minimum atomic E-state index is -3.36. The fourth-order valence-electron chi connectivity index (χ4n) is 2.01. The Morgan fingerprint density at radius 2 is 2.11 bits per heavy atom. The predicted molar refractivity (Wildman–Crippen MR) is 76.4 cm³/mol. The van der Waals surface area contributed by atoms with Gasteiger partial charge < -0.3 is 0 Å². The summed E-state index contributed by atoms with van der Waals surface area (Å²) in [6.45, 7) is 2.45. The first-order valence-corrected chi connectivity index (χ1v) is 8.70. The van der Waals surface area contributed by atoms with Gasteiger partial charge in [0, 0.05) is 11.9 Å². The Labute approximate surface area is 117 Å². The number of halogens is 1. The molecule has 18 heavy (non-hydrogen) atoms. The van der Waals surface area contributed by atoms with Crippen LogP contribution in [0.1, 0.15) is 24.8 Å². The third-order valence-electron chi connectivity index (χ3n) is 3.52. The van der Waals surface area contributed by atoms with Crippen LogP contribution >= 0.6 is 15.9 Å². The zero-order chi connectivity index (χ0) is 13.2. The van der Waals surface area contributed by atoms with Crippen molar-refractivity contribution in [2.24, 2.45) is 5.41 Å². The molecule has 0 unspecified atom stereocenters. The van der Waals surface area contributed by atoms with Crippen LogP contribution in [0.3, 0.4) is 0 Å². The van der Waals surface area contributed by atoms with Crippen LogP contribution < -0.4 is 4.72 Å². The Kier molecular flexibility index (Phi) is 4.14. The number of hydrogen-bond donors (Lipinski definition) is 1. The van der Waals surface area contributed by atoms with Gasteiger partial charge in [0.2, 0.25) is 10.0 Å². The van der Waals surface area contributed by atoms with Crippen molar-refractivity contribution in [3.8, 4) is 0 Å². The van der Waals surface area contributed by atoms with E-state index in [0.29, 0.717) is 11.4 Å². The molecule has 1 aliphatic carbocycles. The molecule has 3 nitrogen and oxygen atoms in total. The summed E-state index contributed by atoms with van der Waals surface area (Å²) in [5.41, 5.74) is 1.15. The van der Waals surface area contributed by atoms with E-state index in [-0.39, 0.29) is 5.41 Å². The lowest BCUT2D eigenvalue weighted by Crippen LogP contribution is -2.30. The van der Waals surface area contributed by atoms with Crippen molar-refractivity contribution in [3.63, 3.8) is 0 Å². The maximum atomic E-state index is 12.1. The molecule has 1 N–H and O–H groups in total. The highest BCUT2D eigenvalue weighted by Crippen LogP contribution is 2.48. The van der Waals surface area contributed by atoms with E-state index in [4.69, 9.17) is 0 Å². The van der Waals surface area contributed by atoms with Crippen molar-refractivity contribution in [1.29, 1.82) is 0 Å². The first-order chi connectivity index (χ1) is 8.47. The molecule has 0 amide bonds. The lowest BCUT2D eigenvalue weighted by Gasteiger charge is -2.14. The maximum Gasteiger partial charge on any atom is 0.240 e. The van der Waals surface area contributed by atoms with Gasteiger partial charge in [0.25, 0.3) is 0 Å². The zero-order valence-electron chi connectivity index (χ0n) is 10.4. The van der Waals surface area contributed by atoms with Gasteiger partial charge in [-0.15, -0.1) is 0 Å².